The van der Waals surface area contributed by atoms with Crippen molar-refractivity contribution in [3.63, 3.8) is 0 Å². The summed E-state index contributed by atoms with van der Waals surface area (Å²) in [5, 5.41) is -1.00. The fraction of sp³-hybridized carbons (Fsp3) is 1.00. The van der Waals surface area contributed by atoms with Crippen LogP contribution >= 0.6 is 31.1 Å². The van der Waals surface area contributed by atoms with Crippen LogP contribution in [0.25, 0.3) is 0 Å². The van der Waals surface area contributed by atoms with Gasteiger partial charge in [0, 0.05) is 4.83 Å². The lowest BCUT2D eigenvalue weighted by molar-refractivity contribution is 0.195. The molecule has 1 unspecified atom stereocenters. The molecule has 0 N–H and O–H groups in total. The van der Waals surface area contributed by atoms with E-state index in [1.165, 1.54) is 0 Å². The number of halogens is 1. The monoisotopic (exact) mass is 394 g/mol. The van der Waals surface area contributed by atoms with E-state index in [0.29, 0.717) is 0 Å². The SMILES string of the molecule is CCOP(=O)(OCC)C(C(C)Br)P(=O)(OCC)OCC. The van der Waals surface area contributed by atoms with Gasteiger partial charge in [-0.05, 0) is 27.7 Å². The minimum absolute atomic E-state index is 0.186. The van der Waals surface area contributed by atoms with E-state index in [-0.39, 0.29) is 26.4 Å². The Labute approximate surface area is 130 Å². The fourth-order valence-electron chi connectivity index (χ4n) is 1.78. The second kappa shape index (κ2) is 9.73. The van der Waals surface area contributed by atoms with Crippen molar-refractivity contribution in [3.05, 3.63) is 0 Å². The summed E-state index contributed by atoms with van der Waals surface area (Å²) in [7, 11) is -7.25. The van der Waals surface area contributed by atoms with Crippen LogP contribution in [0.3, 0.4) is 0 Å². The van der Waals surface area contributed by atoms with Crippen LogP contribution in [0.4, 0.5) is 0 Å². The third kappa shape index (κ3) is 5.53. The summed E-state index contributed by atoms with van der Waals surface area (Å²) < 4.78 is 47.1. The topological polar surface area (TPSA) is 71.1 Å². The van der Waals surface area contributed by atoms with Crippen LogP contribution in [0.2, 0.25) is 0 Å². The van der Waals surface area contributed by atoms with Gasteiger partial charge >= 0.3 is 15.2 Å². The van der Waals surface area contributed by atoms with Gasteiger partial charge in [0.2, 0.25) is 0 Å². The van der Waals surface area contributed by atoms with E-state index in [1.807, 2.05) is 0 Å². The zero-order valence-corrected chi connectivity index (χ0v) is 16.1. The van der Waals surface area contributed by atoms with E-state index in [1.54, 1.807) is 34.6 Å². The Morgan fingerprint density at radius 1 is 0.800 bits per heavy atom. The van der Waals surface area contributed by atoms with Crippen molar-refractivity contribution in [2.24, 2.45) is 0 Å². The number of alkyl halides is 1. The maximum absolute atomic E-state index is 12.9. The smallest absolute Gasteiger partial charge is 0.308 e. The van der Waals surface area contributed by atoms with E-state index in [4.69, 9.17) is 18.1 Å². The van der Waals surface area contributed by atoms with Gasteiger partial charge in [0.25, 0.3) is 0 Å². The molecule has 0 spiro atoms. The molecule has 0 saturated carbocycles. The minimum atomic E-state index is -3.63. The van der Waals surface area contributed by atoms with Crippen molar-refractivity contribution in [2.75, 3.05) is 26.4 Å². The van der Waals surface area contributed by atoms with Crippen LogP contribution < -0.4 is 0 Å². The van der Waals surface area contributed by atoms with Crippen LogP contribution in [-0.4, -0.2) is 36.7 Å². The lowest BCUT2D eigenvalue weighted by atomic mass is 10.6. The summed E-state index contributed by atoms with van der Waals surface area (Å²) in [6.45, 7) is 9.28. The normalized spacial score (nSPS) is 14.8. The van der Waals surface area contributed by atoms with Crippen molar-refractivity contribution in [1.82, 2.24) is 0 Å². The number of hydrogen-bond acceptors (Lipinski definition) is 6. The minimum Gasteiger partial charge on any atom is -0.308 e. The summed E-state index contributed by atoms with van der Waals surface area (Å²) >= 11 is 3.33. The van der Waals surface area contributed by atoms with Crippen LogP contribution in [-0.2, 0) is 27.2 Å². The second-order valence-corrected chi connectivity index (χ2v) is 10.00. The van der Waals surface area contributed by atoms with Gasteiger partial charge in [0.1, 0.15) is 0 Å². The van der Waals surface area contributed by atoms with Gasteiger partial charge in [0.15, 0.2) is 5.40 Å². The zero-order valence-electron chi connectivity index (χ0n) is 12.7. The van der Waals surface area contributed by atoms with Gasteiger partial charge in [-0.2, -0.15) is 0 Å². The molecule has 1 atom stereocenters. The van der Waals surface area contributed by atoms with Crippen LogP contribution in [0.5, 0.6) is 0 Å². The molecule has 0 aromatic carbocycles. The lowest BCUT2D eigenvalue weighted by Crippen LogP contribution is -2.24. The third-order valence-electron chi connectivity index (χ3n) is 2.29. The maximum Gasteiger partial charge on any atom is 0.346 e. The Bertz CT molecular complexity index is 313. The molecule has 0 aromatic heterocycles. The molecule has 0 amide bonds. The summed E-state index contributed by atoms with van der Waals surface area (Å²) in [6.07, 6.45) is 0. The first-order valence-corrected chi connectivity index (χ1v) is 10.9. The van der Waals surface area contributed by atoms with Crippen molar-refractivity contribution < 1.29 is 27.2 Å². The molecule has 0 saturated heterocycles. The quantitative estimate of drug-likeness (QED) is 0.375. The molecule has 0 aliphatic heterocycles. The molecule has 9 heteroatoms. The van der Waals surface area contributed by atoms with E-state index < -0.39 is 25.4 Å². The highest BCUT2D eigenvalue weighted by atomic mass is 79.9. The van der Waals surface area contributed by atoms with E-state index in [2.05, 4.69) is 15.9 Å². The van der Waals surface area contributed by atoms with Crippen LogP contribution in [0, 0.1) is 0 Å². The Morgan fingerprint density at radius 2 is 1.05 bits per heavy atom. The Morgan fingerprint density at radius 3 is 1.20 bits per heavy atom. The van der Waals surface area contributed by atoms with Gasteiger partial charge in [-0.25, -0.2) is 0 Å². The Balaban J connectivity index is 5.67. The third-order valence-corrected chi connectivity index (χ3v) is 10.0. The predicted molar refractivity (Wildman–Crippen MR) is 83.9 cm³/mol. The number of hydrogen-bond donors (Lipinski definition) is 0. The molecule has 122 valence electrons. The standard InChI is InChI=1S/C11H25BrO6P2/c1-6-15-19(13,16-7-2)11(10(5)12)20(14,17-8-3)18-9-4/h10-11H,6-9H2,1-5H3. The van der Waals surface area contributed by atoms with Crippen molar-refractivity contribution in [2.45, 2.75) is 44.8 Å². The van der Waals surface area contributed by atoms with Gasteiger partial charge < -0.3 is 18.1 Å². The van der Waals surface area contributed by atoms with Gasteiger partial charge in [-0.15, -0.1) is 0 Å². The van der Waals surface area contributed by atoms with Gasteiger partial charge in [-0.1, -0.05) is 22.9 Å². The molecule has 6 nitrogen and oxygen atoms in total. The van der Waals surface area contributed by atoms with Crippen LogP contribution in [0.15, 0.2) is 0 Å². The van der Waals surface area contributed by atoms with Gasteiger partial charge in [-0.3, -0.25) is 9.13 Å². The second-order valence-electron chi connectivity index (χ2n) is 3.84. The van der Waals surface area contributed by atoms with Crippen LogP contribution in [0.1, 0.15) is 34.6 Å². The molecule has 0 radical (unpaired) electrons. The van der Waals surface area contributed by atoms with E-state index in [0.717, 1.165) is 0 Å². The van der Waals surface area contributed by atoms with Crippen molar-refractivity contribution in [1.29, 1.82) is 0 Å². The number of rotatable bonds is 11. The van der Waals surface area contributed by atoms with E-state index >= 15 is 0 Å². The predicted octanol–water partition coefficient (Wildman–Crippen LogP) is 4.63. The first-order valence-electron chi connectivity index (χ1n) is 6.72. The fourth-order valence-corrected chi connectivity index (χ4v) is 8.91. The average molecular weight is 395 g/mol. The molecule has 0 aliphatic rings. The van der Waals surface area contributed by atoms with Gasteiger partial charge in [0.05, 0.1) is 26.4 Å². The highest BCUT2D eigenvalue weighted by Crippen LogP contribution is 2.72. The molecule has 0 aromatic rings. The lowest BCUT2D eigenvalue weighted by Gasteiger charge is -2.32. The van der Waals surface area contributed by atoms with Crippen molar-refractivity contribution in [3.8, 4) is 0 Å². The molecule has 0 aliphatic carbocycles. The Hall–Kier alpha value is 0.780. The molecule has 0 fully saturated rings. The van der Waals surface area contributed by atoms with E-state index in [9.17, 15) is 9.13 Å². The molecular formula is C11H25BrO6P2. The largest absolute Gasteiger partial charge is 0.346 e. The highest BCUT2D eigenvalue weighted by Gasteiger charge is 2.53. The molecular weight excluding hydrogens is 370 g/mol. The highest BCUT2D eigenvalue weighted by molar-refractivity contribution is 9.09. The Kier molecular flexibility index (Phi) is 10.1. The zero-order chi connectivity index (χ0) is 15.8. The first-order chi connectivity index (χ1) is 9.31. The molecule has 0 rings (SSSR count). The molecule has 20 heavy (non-hydrogen) atoms. The maximum atomic E-state index is 12.9. The van der Waals surface area contributed by atoms with Crippen molar-refractivity contribution >= 4 is 31.1 Å². The summed E-state index contributed by atoms with van der Waals surface area (Å²) in [4.78, 5) is -0.421. The molecule has 0 bridgehead atoms. The molecule has 0 heterocycles. The average Bonchev–Trinajstić information content (AvgIpc) is 2.28. The summed E-state index contributed by atoms with van der Waals surface area (Å²) in [6, 6.07) is 0. The summed E-state index contributed by atoms with van der Waals surface area (Å²) in [5.41, 5.74) is 0. The summed E-state index contributed by atoms with van der Waals surface area (Å²) in [5.74, 6) is 0. The first kappa shape index (κ1) is 20.8.